The fourth-order valence-electron chi connectivity index (χ4n) is 3.54. The molecular formula is C23H28N2O3. The maximum atomic E-state index is 12.7. The Morgan fingerprint density at radius 3 is 2.57 bits per heavy atom. The molecule has 3 aromatic rings. The first-order valence-electron chi connectivity index (χ1n) is 9.67. The van der Waals surface area contributed by atoms with Gasteiger partial charge >= 0.3 is 0 Å². The van der Waals surface area contributed by atoms with Crippen LogP contribution in [0.25, 0.3) is 10.9 Å². The number of aromatic nitrogens is 1. The van der Waals surface area contributed by atoms with Gasteiger partial charge in [0.25, 0.3) is 5.91 Å². The number of benzene rings is 2. The average molecular weight is 380 g/mol. The summed E-state index contributed by atoms with van der Waals surface area (Å²) in [6.07, 6.45) is 2.52. The van der Waals surface area contributed by atoms with Crippen molar-refractivity contribution in [2.24, 2.45) is 0 Å². The molecular weight excluding hydrogens is 352 g/mol. The number of H-pyrrole nitrogens is 1. The Labute approximate surface area is 166 Å². The summed E-state index contributed by atoms with van der Waals surface area (Å²) in [7, 11) is 3.26. The molecule has 3 rings (SSSR count). The van der Waals surface area contributed by atoms with Gasteiger partial charge in [-0.25, -0.2) is 0 Å². The molecule has 2 N–H and O–H groups in total. The van der Waals surface area contributed by atoms with Crippen LogP contribution in [0.1, 0.15) is 40.5 Å². The number of fused-ring (bicyclic) bond motifs is 1. The quantitative estimate of drug-likeness (QED) is 0.569. The van der Waals surface area contributed by atoms with E-state index in [4.69, 9.17) is 9.47 Å². The lowest BCUT2D eigenvalue weighted by Crippen LogP contribution is -2.26. The molecule has 0 atom stereocenters. The van der Waals surface area contributed by atoms with Crippen LogP contribution < -0.4 is 14.8 Å². The van der Waals surface area contributed by atoms with Gasteiger partial charge in [-0.05, 0) is 61.6 Å². The average Bonchev–Trinajstić information content (AvgIpc) is 3.08. The lowest BCUT2D eigenvalue weighted by atomic mass is 10.1. The Hall–Kier alpha value is -2.95. The third-order valence-electron chi connectivity index (χ3n) is 5.02. The van der Waals surface area contributed by atoms with E-state index in [1.807, 2.05) is 24.3 Å². The first-order valence-corrected chi connectivity index (χ1v) is 9.67. The van der Waals surface area contributed by atoms with E-state index in [1.54, 1.807) is 14.2 Å². The first-order chi connectivity index (χ1) is 13.6. The SMILES string of the molecule is CCc1c(C(=O)NCCCc2ccc(OC)c(OC)c2)[nH]c2ccc(C)cc12. The summed E-state index contributed by atoms with van der Waals surface area (Å²) in [5, 5.41) is 4.18. The second kappa shape index (κ2) is 8.83. The zero-order chi connectivity index (χ0) is 20.1. The van der Waals surface area contributed by atoms with Gasteiger partial charge in [0, 0.05) is 17.4 Å². The van der Waals surface area contributed by atoms with Gasteiger partial charge in [-0.3, -0.25) is 4.79 Å². The minimum atomic E-state index is -0.0435. The third kappa shape index (κ3) is 4.14. The van der Waals surface area contributed by atoms with Crippen LogP contribution in [0.5, 0.6) is 11.5 Å². The summed E-state index contributed by atoms with van der Waals surface area (Å²) in [5.41, 5.74) is 5.12. The molecule has 5 nitrogen and oxygen atoms in total. The van der Waals surface area contributed by atoms with Crippen LogP contribution in [0.3, 0.4) is 0 Å². The minimum Gasteiger partial charge on any atom is -0.493 e. The highest BCUT2D eigenvalue weighted by Gasteiger charge is 2.16. The normalized spacial score (nSPS) is 10.9. The molecule has 2 aromatic carbocycles. The van der Waals surface area contributed by atoms with E-state index in [-0.39, 0.29) is 5.91 Å². The third-order valence-corrected chi connectivity index (χ3v) is 5.02. The van der Waals surface area contributed by atoms with Gasteiger partial charge in [0.15, 0.2) is 11.5 Å². The summed E-state index contributed by atoms with van der Waals surface area (Å²) >= 11 is 0. The van der Waals surface area contributed by atoms with Gasteiger partial charge in [0.1, 0.15) is 5.69 Å². The van der Waals surface area contributed by atoms with Gasteiger partial charge in [-0.1, -0.05) is 24.6 Å². The number of rotatable bonds is 8. The maximum absolute atomic E-state index is 12.7. The van der Waals surface area contributed by atoms with Crippen molar-refractivity contribution < 1.29 is 14.3 Å². The highest BCUT2D eigenvalue weighted by molar-refractivity contribution is 6.01. The molecule has 1 amide bonds. The molecule has 1 heterocycles. The number of aryl methyl sites for hydroxylation is 3. The van der Waals surface area contributed by atoms with E-state index in [9.17, 15) is 4.79 Å². The molecule has 148 valence electrons. The lowest BCUT2D eigenvalue weighted by Gasteiger charge is -2.10. The number of carbonyl (C=O) groups excluding carboxylic acids is 1. The molecule has 0 aliphatic rings. The van der Waals surface area contributed by atoms with Crippen molar-refractivity contribution in [3.8, 4) is 11.5 Å². The molecule has 0 bridgehead atoms. The van der Waals surface area contributed by atoms with E-state index >= 15 is 0 Å². The summed E-state index contributed by atoms with van der Waals surface area (Å²) in [6, 6.07) is 12.2. The van der Waals surface area contributed by atoms with E-state index in [1.165, 1.54) is 5.56 Å². The number of hydrogen-bond donors (Lipinski definition) is 2. The van der Waals surface area contributed by atoms with Crippen LogP contribution in [0.2, 0.25) is 0 Å². The Balaban J connectivity index is 1.61. The van der Waals surface area contributed by atoms with Crippen molar-refractivity contribution in [1.82, 2.24) is 10.3 Å². The molecule has 1 aromatic heterocycles. The van der Waals surface area contributed by atoms with Gasteiger partial charge in [0.2, 0.25) is 0 Å². The number of nitrogens with one attached hydrogen (secondary N) is 2. The number of methoxy groups -OCH3 is 2. The van der Waals surface area contributed by atoms with Crippen molar-refractivity contribution in [3.63, 3.8) is 0 Å². The molecule has 28 heavy (non-hydrogen) atoms. The van der Waals surface area contributed by atoms with E-state index in [0.29, 0.717) is 12.2 Å². The smallest absolute Gasteiger partial charge is 0.268 e. The van der Waals surface area contributed by atoms with E-state index in [0.717, 1.165) is 52.8 Å². The molecule has 0 aliphatic heterocycles. The Morgan fingerprint density at radius 2 is 1.86 bits per heavy atom. The molecule has 0 fully saturated rings. The molecule has 0 aliphatic carbocycles. The standard InChI is InChI=1S/C23H28N2O3/c1-5-17-18-13-15(2)8-10-19(18)25-22(17)23(26)24-12-6-7-16-9-11-20(27-3)21(14-16)28-4/h8-11,13-14,25H,5-7,12H2,1-4H3,(H,24,26). The second-order valence-corrected chi connectivity index (χ2v) is 6.93. The Bertz CT molecular complexity index is 975. The number of carbonyl (C=O) groups is 1. The number of hydrogen-bond acceptors (Lipinski definition) is 3. The number of aromatic amines is 1. The van der Waals surface area contributed by atoms with Crippen molar-refractivity contribution in [3.05, 3.63) is 58.8 Å². The van der Waals surface area contributed by atoms with Gasteiger partial charge in [0.05, 0.1) is 14.2 Å². The van der Waals surface area contributed by atoms with Gasteiger partial charge < -0.3 is 19.8 Å². The van der Waals surface area contributed by atoms with Crippen LogP contribution in [-0.4, -0.2) is 31.7 Å². The lowest BCUT2D eigenvalue weighted by molar-refractivity contribution is 0.0948. The Morgan fingerprint density at radius 1 is 1.07 bits per heavy atom. The summed E-state index contributed by atoms with van der Waals surface area (Å²) < 4.78 is 10.6. The van der Waals surface area contributed by atoms with Gasteiger partial charge in [-0.15, -0.1) is 0 Å². The van der Waals surface area contributed by atoms with Crippen molar-refractivity contribution >= 4 is 16.8 Å². The van der Waals surface area contributed by atoms with Crippen LogP contribution in [-0.2, 0) is 12.8 Å². The minimum absolute atomic E-state index is 0.0435. The monoisotopic (exact) mass is 380 g/mol. The zero-order valence-corrected chi connectivity index (χ0v) is 17.0. The summed E-state index contributed by atoms with van der Waals surface area (Å²) in [5.74, 6) is 1.41. The van der Waals surface area contributed by atoms with E-state index < -0.39 is 0 Å². The van der Waals surface area contributed by atoms with Crippen molar-refractivity contribution in [2.75, 3.05) is 20.8 Å². The van der Waals surface area contributed by atoms with E-state index in [2.05, 4.69) is 36.3 Å². The van der Waals surface area contributed by atoms with Gasteiger partial charge in [-0.2, -0.15) is 0 Å². The van der Waals surface area contributed by atoms with Crippen LogP contribution >= 0.6 is 0 Å². The summed E-state index contributed by atoms with van der Waals surface area (Å²) in [4.78, 5) is 16.0. The predicted molar refractivity (Wildman–Crippen MR) is 113 cm³/mol. The maximum Gasteiger partial charge on any atom is 0.268 e. The highest BCUT2D eigenvalue weighted by atomic mass is 16.5. The largest absolute Gasteiger partial charge is 0.493 e. The molecule has 0 unspecified atom stereocenters. The van der Waals surface area contributed by atoms with Crippen molar-refractivity contribution in [1.29, 1.82) is 0 Å². The predicted octanol–water partition coefficient (Wildman–Crippen LogP) is 4.42. The molecule has 0 saturated heterocycles. The van der Waals surface area contributed by atoms with Crippen molar-refractivity contribution in [2.45, 2.75) is 33.1 Å². The topological polar surface area (TPSA) is 63.4 Å². The second-order valence-electron chi connectivity index (χ2n) is 6.93. The van der Waals surface area contributed by atoms with Crippen LogP contribution in [0.4, 0.5) is 0 Å². The summed E-state index contributed by atoms with van der Waals surface area (Å²) in [6.45, 7) is 4.77. The number of ether oxygens (including phenoxy) is 2. The van der Waals surface area contributed by atoms with Crippen LogP contribution in [0, 0.1) is 6.92 Å². The fourth-order valence-corrected chi connectivity index (χ4v) is 3.54. The molecule has 0 spiro atoms. The molecule has 0 radical (unpaired) electrons. The van der Waals surface area contributed by atoms with Crippen LogP contribution in [0.15, 0.2) is 36.4 Å². The highest BCUT2D eigenvalue weighted by Crippen LogP contribution is 2.28. The Kier molecular flexibility index (Phi) is 6.24. The molecule has 5 heteroatoms. The molecule has 0 saturated carbocycles. The fraction of sp³-hybridized carbons (Fsp3) is 0.348. The first kappa shape index (κ1) is 19.8. The number of amides is 1. The zero-order valence-electron chi connectivity index (χ0n) is 17.0.